The number of thioether (sulfide) groups is 1. The monoisotopic (exact) mass is 426 g/mol. The summed E-state index contributed by atoms with van der Waals surface area (Å²) < 4.78 is 11.8. The second-order valence-electron chi connectivity index (χ2n) is 6.93. The van der Waals surface area contributed by atoms with Crippen LogP contribution in [0.3, 0.4) is 0 Å². The number of rotatable bonds is 10. The first-order valence-electron chi connectivity index (χ1n) is 9.80. The van der Waals surface area contributed by atoms with E-state index < -0.39 is 19.8 Å². The summed E-state index contributed by atoms with van der Waals surface area (Å²) in [6.45, 7) is 8.41. The van der Waals surface area contributed by atoms with E-state index in [0.29, 0.717) is 25.2 Å². The number of hydrogen-bond acceptors (Lipinski definition) is 5. The summed E-state index contributed by atoms with van der Waals surface area (Å²) >= 11 is 1.26. The number of carbonyl (C=O) groups excluding carboxylic acids is 1. The molecule has 1 fully saturated rings. The molecule has 1 aliphatic rings. The second-order valence-corrected chi connectivity index (χ2v) is 10.2. The molecule has 0 amide bonds. The molecule has 1 aliphatic heterocycles. The van der Waals surface area contributed by atoms with E-state index in [2.05, 4.69) is 32.3 Å². The van der Waals surface area contributed by atoms with Crippen molar-refractivity contribution in [2.75, 3.05) is 26.1 Å². The van der Waals surface area contributed by atoms with E-state index in [1.165, 1.54) is 23.7 Å². The second kappa shape index (κ2) is 14.3. The van der Waals surface area contributed by atoms with E-state index in [9.17, 15) is 9.90 Å². The third-order valence-corrected chi connectivity index (χ3v) is 8.21. The highest BCUT2D eigenvalue weighted by Gasteiger charge is 2.46. The van der Waals surface area contributed by atoms with Crippen molar-refractivity contribution in [2.45, 2.75) is 56.3 Å². The van der Waals surface area contributed by atoms with Gasteiger partial charge in [-0.1, -0.05) is 69.4 Å². The summed E-state index contributed by atoms with van der Waals surface area (Å²) in [4.78, 5) is 10.9. The van der Waals surface area contributed by atoms with Crippen LogP contribution >= 0.6 is 19.7 Å². The highest BCUT2D eigenvalue weighted by molar-refractivity contribution is 8.12. The van der Waals surface area contributed by atoms with E-state index in [4.69, 9.17) is 9.47 Å². The normalized spacial score (nSPS) is 23.8. The lowest BCUT2D eigenvalue weighted by atomic mass is 10.00. The van der Waals surface area contributed by atoms with Crippen LogP contribution in [0, 0.1) is 0 Å². The van der Waals surface area contributed by atoms with Gasteiger partial charge in [-0.2, -0.15) is 0 Å². The molecule has 4 unspecified atom stereocenters. The van der Waals surface area contributed by atoms with Crippen molar-refractivity contribution in [2.24, 2.45) is 0 Å². The van der Waals surface area contributed by atoms with Gasteiger partial charge >= 0.3 is 0 Å². The summed E-state index contributed by atoms with van der Waals surface area (Å²) in [5, 5.41) is 10.1. The number of allylic oxidation sites excluding steroid dienone is 1. The Balaban J connectivity index is 0.000000696. The van der Waals surface area contributed by atoms with Crippen molar-refractivity contribution in [3.8, 4) is 0 Å². The number of hydrogen-bond donors (Lipinski definition) is 1. The fourth-order valence-corrected chi connectivity index (χ4v) is 7.03. The van der Waals surface area contributed by atoms with E-state index in [1.807, 2.05) is 24.3 Å². The predicted octanol–water partition coefficient (Wildman–Crippen LogP) is 5.08. The third-order valence-electron chi connectivity index (χ3n) is 4.79. The molecule has 2 rings (SSSR count). The Morgan fingerprint density at radius 3 is 2.68 bits per heavy atom. The molecule has 1 heterocycles. The number of methoxy groups -OCH3 is 1. The van der Waals surface area contributed by atoms with E-state index in [1.54, 1.807) is 7.11 Å². The molecular weight excluding hydrogens is 391 g/mol. The van der Waals surface area contributed by atoms with Crippen LogP contribution in [0.25, 0.3) is 0 Å². The van der Waals surface area contributed by atoms with Gasteiger partial charge in [-0.25, -0.2) is 0 Å². The van der Waals surface area contributed by atoms with Crippen molar-refractivity contribution >= 4 is 25.3 Å². The molecule has 6 heteroatoms. The van der Waals surface area contributed by atoms with Crippen LogP contribution in [0.2, 0.25) is 0 Å². The number of benzene rings is 1. The standard InChI is InChI=1S/C17H25O4PS.C5H10/c1-20-17(10-15(19)8-9-21-17)16(12-23-13-18)22(2)11-14-6-4-3-5-7-14;1-3-5-4-2/h3-7,13,15-16,19H,8-12H2,1-2H3;3H,1,4-5H2,2H3. The van der Waals surface area contributed by atoms with Gasteiger partial charge in [0.1, 0.15) is 0 Å². The smallest absolute Gasteiger partial charge is 0.177 e. The number of carbonyl (C=O) groups is 1. The Kier molecular flexibility index (Phi) is 12.9. The van der Waals surface area contributed by atoms with E-state index >= 15 is 0 Å². The summed E-state index contributed by atoms with van der Waals surface area (Å²) in [5.41, 5.74) is 2.25. The average Bonchev–Trinajstić information content (AvgIpc) is 2.70. The van der Waals surface area contributed by atoms with Crippen molar-refractivity contribution < 1.29 is 19.4 Å². The Morgan fingerprint density at radius 2 is 2.18 bits per heavy atom. The molecule has 1 aromatic carbocycles. The molecule has 0 radical (unpaired) electrons. The molecule has 1 aromatic rings. The highest BCUT2D eigenvalue weighted by atomic mass is 32.2. The summed E-state index contributed by atoms with van der Waals surface area (Å²) in [6.07, 6.45) is 5.95. The lowest BCUT2D eigenvalue weighted by molar-refractivity contribution is -0.257. The molecule has 0 aliphatic carbocycles. The molecule has 1 saturated heterocycles. The molecule has 4 nitrogen and oxygen atoms in total. The SMILES string of the molecule is C=CCCC.COC1(C(CSC=O)P(C)Cc2ccccc2)CC(O)CCO1. The van der Waals surface area contributed by atoms with Crippen LogP contribution < -0.4 is 0 Å². The van der Waals surface area contributed by atoms with Gasteiger partial charge in [0.05, 0.1) is 12.7 Å². The van der Waals surface area contributed by atoms with E-state index in [0.717, 1.165) is 18.2 Å². The third kappa shape index (κ3) is 8.34. The molecule has 0 bridgehead atoms. The maximum Gasteiger partial charge on any atom is 0.177 e. The largest absolute Gasteiger partial charge is 0.393 e. The first-order chi connectivity index (χ1) is 13.5. The van der Waals surface area contributed by atoms with Gasteiger partial charge in [-0.15, -0.1) is 6.58 Å². The Hall–Kier alpha value is -0.710. The zero-order chi connectivity index (χ0) is 20.8. The van der Waals surface area contributed by atoms with Gasteiger partial charge in [-0.05, 0) is 31.2 Å². The molecule has 28 heavy (non-hydrogen) atoms. The van der Waals surface area contributed by atoms with Crippen LogP contribution in [-0.4, -0.2) is 54.4 Å². The minimum Gasteiger partial charge on any atom is -0.393 e. The fraction of sp³-hybridized carbons (Fsp3) is 0.591. The highest BCUT2D eigenvalue weighted by Crippen LogP contribution is 2.50. The number of unbranched alkanes of at least 4 members (excludes halogenated alkanes) is 1. The summed E-state index contributed by atoms with van der Waals surface area (Å²) in [7, 11) is 1.17. The number of aliphatic hydroxyl groups is 1. The lowest BCUT2D eigenvalue weighted by Gasteiger charge is -2.45. The Morgan fingerprint density at radius 1 is 1.46 bits per heavy atom. The van der Waals surface area contributed by atoms with Crippen LogP contribution in [0.4, 0.5) is 0 Å². The van der Waals surface area contributed by atoms with Gasteiger partial charge in [0.2, 0.25) is 0 Å². The maximum atomic E-state index is 10.9. The van der Waals surface area contributed by atoms with Crippen LogP contribution in [-0.2, 0) is 20.4 Å². The zero-order valence-electron chi connectivity index (χ0n) is 17.4. The average molecular weight is 427 g/mol. The van der Waals surface area contributed by atoms with Crippen molar-refractivity contribution in [1.82, 2.24) is 0 Å². The van der Waals surface area contributed by atoms with Gasteiger partial charge in [0.25, 0.3) is 0 Å². The van der Waals surface area contributed by atoms with Crippen LogP contribution in [0.15, 0.2) is 43.0 Å². The molecule has 0 aromatic heterocycles. The van der Waals surface area contributed by atoms with Crippen LogP contribution in [0.1, 0.15) is 38.2 Å². The van der Waals surface area contributed by atoms with Crippen LogP contribution in [0.5, 0.6) is 0 Å². The summed E-state index contributed by atoms with van der Waals surface area (Å²) in [6, 6.07) is 10.3. The predicted molar refractivity (Wildman–Crippen MR) is 122 cm³/mol. The fourth-order valence-electron chi connectivity index (χ4n) is 3.27. The molecule has 4 atom stereocenters. The first-order valence-corrected chi connectivity index (χ1v) is 12.9. The molecule has 158 valence electrons. The van der Waals surface area contributed by atoms with Crippen molar-refractivity contribution in [3.63, 3.8) is 0 Å². The molecule has 0 spiro atoms. The Bertz CT molecular complexity index is 557. The molecule has 0 saturated carbocycles. The number of ether oxygens (including phenoxy) is 2. The zero-order valence-corrected chi connectivity index (χ0v) is 19.1. The van der Waals surface area contributed by atoms with Gasteiger partial charge < -0.3 is 14.6 Å². The topological polar surface area (TPSA) is 55.8 Å². The first kappa shape index (κ1) is 25.3. The number of aliphatic hydroxyl groups excluding tert-OH is 1. The van der Waals surface area contributed by atoms with Gasteiger partial charge in [-0.3, -0.25) is 4.79 Å². The summed E-state index contributed by atoms with van der Waals surface area (Å²) in [5.74, 6) is -0.137. The molecular formula is C22H35O4PS. The maximum absolute atomic E-state index is 10.9. The van der Waals surface area contributed by atoms with Crippen molar-refractivity contribution in [3.05, 3.63) is 48.6 Å². The Labute approximate surface area is 175 Å². The minimum atomic E-state index is -0.789. The quantitative estimate of drug-likeness (QED) is 0.321. The lowest BCUT2D eigenvalue weighted by Crippen LogP contribution is -2.52. The van der Waals surface area contributed by atoms with Gasteiger partial charge in [0, 0.05) is 24.9 Å². The molecule has 1 N–H and O–H groups in total. The van der Waals surface area contributed by atoms with Crippen molar-refractivity contribution in [1.29, 1.82) is 0 Å². The minimum absolute atomic E-state index is 0.0906. The van der Waals surface area contributed by atoms with E-state index in [-0.39, 0.29) is 5.66 Å². The van der Waals surface area contributed by atoms with Gasteiger partial charge in [0.15, 0.2) is 11.4 Å².